The van der Waals surface area contributed by atoms with Crippen LogP contribution in [0.1, 0.15) is 26.7 Å². The van der Waals surface area contributed by atoms with Gasteiger partial charge in [0.05, 0.1) is 0 Å². The van der Waals surface area contributed by atoms with Crippen molar-refractivity contribution in [3.63, 3.8) is 0 Å². The molecule has 0 radical (unpaired) electrons. The molecule has 19 heavy (non-hydrogen) atoms. The van der Waals surface area contributed by atoms with E-state index in [1.807, 2.05) is 6.92 Å². The second-order valence-electron chi connectivity index (χ2n) is 4.78. The first-order valence-electron chi connectivity index (χ1n) is 5.94. The standard InChI is InChI=1S/C11H16BrF3N2O2/c1-3-4-7(5-12)6-17-8(18)10(2,11(13,14)15)16-9(17)19/h7H,3-6H2,1-2H3,(H,16,19). The molecule has 0 bridgehead atoms. The summed E-state index contributed by atoms with van der Waals surface area (Å²) in [7, 11) is 0. The van der Waals surface area contributed by atoms with E-state index in [9.17, 15) is 22.8 Å². The number of urea groups is 1. The number of imide groups is 1. The lowest BCUT2D eigenvalue weighted by molar-refractivity contribution is -0.191. The van der Waals surface area contributed by atoms with Crippen molar-refractivity contribution in [3.05, 3.63) is 0 Å². The number of alkyl halides is 4. The molecule has 0 aromatic heterocycles. The van der Waals surface area contributed by atoms with Crippen LogP contribution < -0.4 is 5.32 Å². The van der Waals surface area contributed by atoms with E-state index >= 15 is 0 Å². The molecule has 1 heterocycles. The SMILES string of the molecule is CCCC(CBr)CN1C(=O)NC(C)(C(F)(F)F)C1=O. The van der Waals surface area contributed by atoms with Gasteiger partial charge in [-0.3, -0.25) is 9.69 Å². The van der Waals surface area contributed by atoms with Gasteiger partial charge in [-0.15, -0.1) is 0 Å². The molecule has 3 amide bonds. The second-order valence-corrected chi connectivity index (χ2v) is 5.43. The van der Waals surface area contributed by atoms with Crippen molar-refractivity contribution in [2.75, 3.05) is 11.9 Å². The average molecular weight is 345 g/mol. The number of hydrogen-bond acceptors (Lipinski definition) is 2. The molecule has 4 nitrogen and oxygen atoms in total. The quantitative estimate of drug-likeness (QED) is 0.615. The predicted molar refractivity (Wildman–Crippen MR) is 66.9 cm³/mol. The number of nitrogens with one attached hydrogen (secondary N) is 1. The summed E-state index contributed by atoms with van der Waals surface area (Å²) in [5, 5.41) is 2.27. The summed E-state index contributed by atoms with van der Waals surface area (Å²) in [6.07, 6.45) is -3.25. The fraction of sp³-hybridized carbons (Fsp3) is 0.818. The fourth-order valence-corrected chi connectivity index (χ4v) is 2.47. The highest BCUT2D eigenvalue weighted by atomic mass is 79.9. The van der Waals surface area contributed by atoms with E-state index in [1.54, 1.807) is 5.32 Å². The molecule has 110 valence electrons. The van der Waals surface area contributed by atoms with Gasteiger partial charge in [0.1, 0.15) is 0 Å². The number of carbonyl (C=O) groups excluding carboxylic acids is 2. The van der Waals surface area contributed by atoms with Gasteiger partial charge in [-0.1, -0.05) is 29.3 Å². The minimum atomic E-state index is -4.80. The van der Waals surface area contributed by atoms with Gasteiger partial charge >= 0.3 is 12.2 Å². The van der Waals surface area contributed by atoms with Crippen LogP contribution in [0.4, 0.5) is 18.0 Å². The van der Waals surface area contributed by atoms with Crippen LogP contribution in [0.5, 0.6) is 0 Å². The molecule has 0 aromatic rings. The molecule has 0 spiro atoms. The molecule has 1 aliphatic heterocycles. The minimum Gasteiger partial charge on any atom is -0.316 e. The summed E-state index contributed by atoms with van der Waals surface area (Å²) in [4.78, 5) is 24.1. The van der Waals surface area contributed by atoms with Crippen molar-refractivity contribution in [1.29, 1.82) is 0 Å². The molecule has 8 heteroatoms. The van der Waals surface area contributed by atoms with Crippen LogP contribution in [0.15, 0.2) is 0 Å². The van der Waals surface area contributed by atoms with E-state index in [1.165, 1.54) is 0 Å². The fourth-order valence-electron chi connectivity index (χ4n) is 1.94. The minimum absolute atomic E-state index is 0.00454. The van der Waals surface area contributed by atoms with Crippen LogP contribution in [-0.2, 0) is 4.79 Å². The van der Waals surface area contributed by atoms with Gasteiger partial charge in [-0.05, 0) is 19.3 Å². The van der Waals surface area contributed by atoms with Crippen molar-refractivity contribution < 1.29 is 22.8 Å². The highest BCUT2D eigenvalue weighted by molar-refractivity contribution is 9.09. The lowest BCUT2D eigenvalue weighted by Crippen LogP contribution is -2.56. The predicted octanol–water partition coefficient (Wildman–Crippen LogP) is 2.67. The number of nitrogens with zero attached hydrogens (tertiary/aromatic N) is 1. The molecule has 2 unspecified atom stereocenters. The zero-order valence-corrected chi connectivity index (χ0v) is 12.3. The van der Waals surface area contributed by atoms with Gasteiger partial charge < -0.3 is 5.32 Å². The van der Waals surface area contributed by atoms with Crippen LogP contribution in [0, 0.1) is 5.92 Å². The van der Waals surface area contributed by atoms with Gasteiger partial charge in [-0.2, -0.15) is 13.2 Å². The smallest absolute Gasteiger partial charge is 0.316 e. The Balaban J connectivity index is 2.88. The number of hydrogen-bond donors (Lipinski definition) is 1. The molecule has 2 atom stereocenters. The Morgan fingerprint density at radius 3 is 2.37 bits per heavy atom. The maximum Gasteiger partial charge on any atom is 0.420 e. The topological polar surface area (TPSA) is 49.4 Å². The molecule has 1 saturated heterocycles. The maximum atomic E-state index is 12.8. The number of amides is 3. The van der Waals surface area contributed by atoms with Crippen LogP contribution in [0.25, 0.3) is 0 Å². The summed E-state index contributed by atoms with van der Waals surface area (Å²) in [6.45, 7) is 2.62. The highest BCUT2D eigenvalue weighted by Gasteiger charge is 2.64. The van der Waals surface area contributed by atoms with Crippen molar-refractivity contribution in [2.45, 2.75) is 38.4 Å². The molecular formula is C11H16BrF3N2O2. The molecule has 1 fully saturated rings. The Bertz CT molecular complexity index is 375. The third kappa shape index (κ3) is 3.04. The van der Waals surface area contributed by atoms with Crippen molar-refractivity contribution >= 4 is 27.9 Å². The number of carbonyl (C=O) groups is 2. The summed E-state index contributed by atoms with van der Waals surface area (Å²) < 4.78 is 38.5. The first-order valence-corrected chi connectivity index (χ1v) is 7.06. The van der Waals surface area contributed by atoms with Crippen LogP contribution in [0.2, 0.25) is 0 Å². The third-order valence-corrected chi connectivity index (χ3v) is 4.11. The Labute approximate surface area is 117 Å². The van der Waals surface area contributed by atoms with E-state index < -0.39 is 23.7 Å². The Hall–Kier alpha value is -0.790. The molecular weight excluding hydrogens is 329 g/mol. The van der Waals surface area contributed by atoms with E-state index in [0.717, 1.165) is 12.8 Å². The summed E-state index contributed by atoms with van der Waals surface area (Å²) >= 11 is 3.24. The summed E-state index contributed by atoms with van der Waals surface area (Å²) in [6, 6.07) is -0.980. The number of rotatable bonds is 5. The van der Waals surface area contributed by atoms with Crippen LogP contribution in [-0.4, -0.2) is 40.4 Å². The van der Waals surface area contributed by atoms with Crippen LogP contribution >= 0.6 is 15.9 Å². The van der Waals surface area contributed by atoms with Crippen LogP contribution in [0.3, 0.4) is 0 Å². The zero-order valence-electron chi connectivity index (χ0n) is 10.7. The Kier molecular flexibility index (Phi) is 4.86. The third-order valence-electron chi connectivity index (χ3n) is 3.20. The second kappa shape index (κ2) is 5.68. The van der Waals surface area contributed by atoms with E-state index in [-0.39, 0.29) is 12.5 Å². The van der Waals surface area contributed by atoms with E-state index in [2.05, 4.69) is 15.9 Å². The Morgan fingerprint density at radius 2 is 2.00 bits per heavy atom. The van der Waals surface area contributed by atoms with E-state index in [0.29, 0.717) is 17.2 Å². The van der Waals surface area contributed by atoms with Gasteiger partial charge in [0.25, 0.3) is 5.91 Å². The number of halogens is 4. The van der Waals surface area contributed by atoms with Crippen molar-refractivity contribution in [1.82, 2.24) is 10.2 Å². The molecule has 0 saturated carbocycles. The first-order chi connectivity index (χ1) is 8.67. The van der Waals surface area contributed by atoms with Gasteiger partial charge in [0, 0.05) is 11.9 Å². The maximum absolute atomic E-state index is 12.8. The van der Waals surface area contributed by atoms with E-state index in [4.69, 9.17) is 0 Å². The van der Waals surface area contributed by atoms with Crippen molar-refractivity contribution in [2.24, 2.45) is 5.92 Å². The molecule has 0 aliphatic carbocycles. The molecule has 0 aromatic carbocycles. The average Bonchev–Trinajstić information content (AvgIpc) is 2.52. The van der Waals surface area contributed by atoms with Gasteiger partial charge in [0.15, 0.2) is 0 Å². The van der Waals surface area contributed by atoms with Gasteiger partial charge in [-0.25, -0.2) is 4.79 Å². The highest BCUT2D eigenvalue weighted by Crippen LogP contribution is 2.35. The molecule has 1 aliphatic rings. The van der Waals surface area contributed by atoms with Crippen molar-refractivity contribution in [3.8, 4) is 0 Å². The summed E-state index contributed by atoms with van der Waals surface area (Å²) in [5.74, 6) is -1.28. The molecule has 1 rings (SSSR count). The van der Waals surface area contributed by atoms with Gasteiger partial charge in [0.2, 0.25) is 5.54 Å². The lowest BCUT2D eigenvalue weighted by atomic mass is 10.0. The normalized spacial score (nSPS) is 25.7. The summed E-state index contributed by atoms with van der Waals surface area (Å²) in [5.41, 5.74) is -2.81. The monoisotopic (exact) mass is 344 g/mol. The zero-order chi connectivity index (χ0) is 14.8. The lowest BCUT2D eigenvalue weighted by Gasteiger charge is -2.25. The Morgan fingerprint density at radius 1 is 1.42 bits per heavy atom. The molecule has 1 N–H and O–H groups in total. The largest absolute Gasteiger partial charge is 0.420 e. The first kappa shape index (κ1) is 16.3.